The number of esters is 1. The van der Waals surface area contributed by atoms with Gasteiger partial charge >= 0.3 is 5.97 Å². The predicted octanol–water partition coefficient (Wildman–Crippen LogP) is 0.803. The van der Waals surface area contributed by atoms with Crippen molar-refractivity contribution in [2.24, 2.45) is 0 Å². The number of nitrogens with zero attached hydrogens (tertiary/aromatic N) is 1. The van der Waals surface area contributed by atoms with E-state index in [4.69, 9.17) is 9.47 Å². The summed E-state index contributed by atoms with van der Waals surface area (Å²) in [6.07, 6.45) is 1.65. The third-order valence-corrected chi connectivity index (χ3v) is 2.90. The van der Waals surface area contributed by atoms with Crippen molar-refractivity contribution < 1.29 is 19.1 Å². The Bertz CT molecular complexity index is 284. The summed E-state index contributed by atoms with van der Waals surface area (Å²) in [7, 11) is 1.63. The van der Waals surface area contributed by atoms with Gasteiger partial charge in [0.2, 0.25) is 5.91 Å². The highest BCUT2D eigenvalue weighted by atomic mass is 16.5. The minimum absolute atomic E-state index is 0.0705. The maximum Gasteiger partial charge on any atom is 0.320 e. The molecular weight excluding hydrogens is 260 g/mol. The lowest BCUT2D eigenvalue weighted by atomic mass is 10.2. The molecule has 0 aliphatic carbocycles. The first-order chi connectivity index (χ1) is 9.56. The van der Waals surface area contributed by atoms with E-state index in [0.717, 1.165) is 12.8 Å². The van der Waals surface area contributed by atoms with E-state index < -0.39 is 0 Å². The zero-order chi connectivity index (χ0) is 15.4. The van der Waals surface area contributed by atoms with Gasteiger partial charge in [0.15, 0.2) is 0 Å². The van der Waals surface area contributed by atoms with Gasteiger partial charge in [0.25, 0.3) is 0 Å². The van der Waals surface area contributed by atoms with Crippen LogP contribution in [0.1, 0.15) is 33.6 Å². The van der Waals surface area contributed by atoms with Crippen LogP contribution in [0.15, 0.2) is 0 Å². The molecule has 0 saturated carbocycles. The van der Waals surface area contributed by atoms with Crippen molar-refractivity contribution in [2.45, 2.75) is 39.7 Å². The Balaban J connectivity index is 4.27. The Labute approximate surface area is 121 Å². The van der Waals surface area contributed by atoms with Crippen LogP contribution in [0.4, 0.5) is 0 Å². The molecule has 1 atom stereocenters. The highest BCUT2D eigenvalue weighted by Gasteiger charge is 2.22. The molecule has 0 fully saturated rings. The molecule has 1 N–H and O–H groups in total. The Morgan fingerprint density at radius 1 is 1.30 bits per heavy atom. The van der Waals surface area contributed by atoms with Crippen molar-refractivity contribution in [1.82, 2.24) is 10.2 Å². The smallest absolute Gasteiger partial charge is 0.320 e. The zero-order valence-corrected chi connectivity index (χ0v) is 13.1. The Morgan fingerprint density at radius 3 is 2.55 bits per heavy atom. The number of rotatable bonds is 11. The first-order valence-electron chi connectivity index (χ1n) is 7.23. The summed E-state index contributed by atoms with van der Waals surface area (Å²) in [6.45, 7) is 7.98. The number of carbonyl (C=O) groups excluding carboxylic acids is 2. The van der Waals surface area contributed by atoms with Gasteiger partial charge in [-0.15, -0.1) is 0 Å². The third-order valence-electron chi connectivity index (χ3n) is 2.90. The second kappa shape index (κ2) is 11.7. The maximum absolute atomic E-state index is 12.0. The lowest BCUT2D eigenvalue weighted by molar-refractivity contribution is -0.145. The minimum Gasteiger partial charge on any atom is -0.465 e. The second-order valence-electron chi connectivity index (χ2n) is 4.59. The molecule has 20 heavy (non-hydrogen) atoms. The van der Waals surface area contributed by atoms with Crippen molar-refractivity contribution in [2.75, 3.05) is 40.0 Å². The largest absolute Gasteiger partial charge is 0.465 e. The number of hydrogen-bond acceptors (Lipinski definition) is 5. The van der Waals surface area contributed by atoms with Gasteiger partial charge in [0, 0.05) is 20.3 Å². The van der Waals surface area contributed by atoms with E-state index >= 15 is 0 Å². The third kappa shape index (κ3) is 8.12. The van der Waals surface area contributed by atoms with Gasteiger partial charge in [-0.05, 0) is 33.2 Å². The molecule has 0 aromatic heterocycles. The summed E-state index contributed by atoms with van der Waals surface area (Å²) < 4.78 is 9.86. The molecule has 0 heterocycles. The van der Waals surface area contributed by atoms with Gasteiger partial charge in [0.1, 0.15) is 0 Å². The average molecular weight is 288 g/mol. The zero-order valence-electron chi connectivity index (χ0n) is 13.1. The fourth-order valence-corrected chi connectivity index (χ4v) is 1.81. The van der Waals surface area contributed by atoms with Crippen LogP contribution in [0.3, 0.4) is 0 Å². The molecule has 6 nitrogen and oxygen atoms in total. The van der Waals surface area contributed by atoms with Crippen LogP contribution < -0.4 is 5.32 Å². The van der Waals surface area contributed by atoms with Crippen molar-refractivity contribution in [1.29, 1.82) is 0 Å². The molecule has 118 valence electrons. The molecule has 1 unspecified atom stereocenters. The molecule has 0 aromatic carbocycles. The monoisotopic (exact) mass is 288 g/mol. The molecule has 0 aliphatic heterocycles. The summed E-state index contributed by atoms with van der Waals surface area (Å²) in [5, 5.41) is 2.85. The lowest BCUT2D eigenvalue weighted by Crippen LogP contribution is -2.47. The summed E-state index contributed by atoms with van der Waals surface area (Å²) in [4.78, 5) is 25.4. The predicted molar refractivity (Wildman–Crippen MR) is 77.5 cm³/mol. The van der Waals surface area contributed by atoms with Crippen LogP contribution >= 0.6 is 0 Å². The van der Waals surface area contributed by atoms with E-state index in [0.29, 0.717) is 26.3 Å². The molecule has 1 amide bonds. The molecule has 0 bridgehead atoms. The molecule has 0 aliphatic rings. The lowest BCUT2D eigenvalue weighted by Gasteiger charge is -2.26. The van der Waals surface area contributed by atoms with Crippen molar-refractivity contribution in [3.63, 3.8) is 0 Å². The van der Waals surface area contributed by atoms with E-state index in [-0.39, 0.29) is 24.5 Å². The highest BCUT2D eigenvalue weighted by Crippen LogP contribution is 2.02. The van der Waals surface area contributed by atoms with E-state index in [1.165, 1.54) is 0 Å². The number of nitrogens with one attached hydrogen (secondary N) is 1. The molecule has 0 spiro atoms. The van der Waals surface area contributed by atoms with Gasteiger partial charge in [-0.2, -0.15) is 0 Å². The summed E-state index contributed by atoms with van der Waals surface area (Å²) in [5.41, 5.74) is 0. The van der Waals surface area contributed by atoms with Gasteiger partial charge in [0.05, 0.1) is 19.2 Å². The quantitative estimate of drug-likeness (QED) is 0.450. The van der Waals surface area contributed by atoms with Gasteiger partial charge in [-0.3, -0.25) is 14.5 Å². The fraction of sp³-hybridized carbons (Fsp3) is 0.857. The molecule has 0 radical (unpaired) electrons. The normalized spacial score (nSPS) is 12.2. The van der Waals surface area contributed by atoms with Crippen LogP contribution in [0.2, 0.25) is 0 Å². The van der Waals surface area contributed by atoms with E-state index in [1.54, 1.807) is 21.0 Å². The maximum atomic E-state index is 12.0. The molecule has 0 saturated heterocycles. The van der Waals surface area contributed by atoms with Crippen molar-refractivity contribution in [3.05, 3.63) is 0 Å². The second-order valence-corrected chi connectivity index (χ2v) is 4.59. The fourth-order valence-electron chi connectivity index (χ4n) is 1.81. The summed E-state index contributed by atoms with van der Waals surface area (Å²) in [6, 6.07) is -0.345. The Kier molecular flexibility index (Phi) is 11.0. The van der Waals surface area contributed by atoms with E-state index in [9.17, 15) is 9.59 Å². The first kappa shape index (κ1) is 18.9. The van der Waals surface area contributed by atoms with Crippen LogP contribution in [-0.4, -0.2) is 62.8 Å². The molecule has 6 heteroatoms. The highest BCUT2D eigenvalue weighted by molar-refractivity contribution is 5.82. The average Bonchev–Trinajstić information content (AvgIpc) is 2.42. The number of ether oxygens (including phenoxy) is 2. The topological polar surface area (TPSA) is 67.9 Å². The van der Waals surface area contributed by atoms with Gasteiger partial charge in [-0.25, -0.2) is 0 Å². The number of methoxy groups -OCH3 is 1. The van der Waals surface area contributed by atoms with Crippen LogP contribution in [0.5, 0.6) is 0 Å². The van der Waals surface area contributed by atoms with Crippen LogP contribution in [0.25, 0.3) is 0 Å². The van der Waals surface area contributed by atoms with Crippen molar-refractivity contribution >= 4 is 11.9 Å². The van der Waals surface area contributed by atoms with E-state index in [1.807, 2.05) is 11.8 Å². The Morgan fingerprint density at radius 2 is 2.00 bits per heavy atom. The number of carbonyl (C=O) groups is 2. The summed E-state index contributed by atoms with van der Waals surface area (Å²) in [5.74, 6) is -0.362. The SMILES string of the molecule is CCCN(CC(=O)OCC)C(C)C(=O)NCCCOC. The standard InChI is InChI=1S/C14H28N2O4/c1-5-9-16(11-13(17)20-6-2)12(3)14(18)15-8-7-10-19-4/h12H,5-11H2,1-4H3,(H,15,18). The summed E-state index contributed by atoms with van der Waals surface area (Å²) >= 11 is 0. The minimum atomic E-state index is -0.345. The van der Waals surface area contributed by atoms with Crippen molar-refractivity contribution in [3.8, 4) is 0 Å². The van der Waals surface area contributed by atoms with Gasteiger partial charge in [-0.1, -0.05) is 6.92 Å². The first-order valence-corrected chi connectivity index (χ1v) is 7.23. The Hall–Kier alpha value is -1.14. The van der Waals surface area contributed by atoms with Crippen LogP contribution in [-0.2, 0) is 19.1 Å². The molecular formula is C14H28N2O4. The molecule has 0 rings (SSSR count). The van der Waals surface area contributed by atoms with E-state index in [2.05, 4.69) is 5.32 Å². The number of hydrogen-bond donors (Lipinski definition) is 1. The van der Waals surface area contributed by atoms with Crippen LogP contribution in [0, 0.1) is 0 Å². The van der Waals surface area contributed by atoms with Gasteiger partial charge < -0.3 is 14.8 Å². The number of amides is 1. The molecule has 0 aromatic rings.